The maximum atomic E-state index is 11.9. The Balaban J connectivity index is 1.68. The Kier molecular flexibility index (Phi) is 7.05. The normalized spacial score (nSPS) is 9.92. The van der Waals surface area contributed by atoms with E-state index in [1.807, 2.05) is 37.3 Å². The van der Waals surface area contributed by atoms with E-state index < -0.39 is 0 Å². The molecule has 2 aromatic rings. The van der Waals surface area contributed by atoms with Crippen LogP contribution < -0.4 is 10.6 Å². The van der Waals surface area contributed by atoms with Gasteiger partial charge in [-0.2, -0.15) is 5.26 Å². The zero-order chi connectivity index (χ0) is 18.1. The van der Waals surface area contributed by atoms with Gasteiger partial charge in [-0.1, -0.05) is 24.3 Å². The topological polar surface area (TPSA) is 82.0 Å². The summed E-state index contributed by atoms with van der Waals surface area (Å²) in [6.45, 7) is 2.32. The zero-order valence-corrected chi connectivity index (χ0v) is 14.7. The smallest absolute Gasteiger partial charge is 0.234 e. The van der Waals surface area contributed by atoms with E-state index in [1.165, 1.54) is 11.8 Å². The van der Waals surface area contributed by atoms with E-state index in [4.69, 9.17) is 5.26 Å². The molecule has 2 aromatic carbocycles. The third-order valence-corrected chi connectivity index (χ3v) is 4.25. The number of amides is 2. The van der Waals surface area contributed by atoms with Gasteiger partial charge in [0, 0.05) is 12.2 Å². The molecule has 0 saturated carbocycles. The van der Waals surface area contributed by atoms with Crippen LogP contribution in [0.15, 0.2) is 48.5 Å². The second kappa shape index (κ2) is 9.50. The third kappa shape index (κ3) is 6.69. The van der Waals surface area contributed by atoms with Crippen LogP contribution in [-0.4, -0.2) is 23.3 Å². The molecule has 25 heavy (non-hydrogen) atoms. The van der Waals surface area contributed by atoms with Crippen molar-refractivity contribution in [3.63, 3.8) is 0 Å². The van der Waals surface area contributed by atoms with Gasteiger partial charge in [0.15, 0.2) is 0 Å². The first-order chi connectivity index (χ1) is 12.1. The van der Waals surface area contributed by atoms with Crippen LogP contribution in [0, 0.1) is 18.3 Å². The lowest BCUT2D eigenvalue weighted by molar-refractivity contribution is -0.118. The highest BCUT2D eigenvalue weighted by Gasteiger charge is 2.06. The van der Waals surface area contributed by atoms with Crippen LogP contribution in [0.5, 0.6) is 0 Å². The molecular weight excluding hydrogens is 334 g/mol. The molecular formula is C19H19N3O2S. The van der Waals surface area contributed by atoms with E-state index in [2.05, 4.69) is 16.7 Å². The lowest BCUT2D eigenvalue weighted by atomic mass is 10.1. The predicted molar refractivity (Wildman–Crippen MR) is 100 cm³/mol. The number of hydrogen-bond acceptors (Lipinski definition) is 4. The highest BCUT2D eigenvalue weighted by molar-refractivity contribution is 8.00. The minimum atomic E-state index is -0.143. The first kappa shape index (κ1) is 18.6. The Morgan fingerprint density at radius 1 is 1.08 bits per heavy atom. The molecule has 6 heteroatoms. The molecule has 2 rings (SSSR count). The predicted octanol–water partition coefficient (Wildman–Crippen LogP) is 2.85. The van der Waals surface area contributed by atoms with E-state index >= 15 is 0 Å². The molecule has 0 heterocycles. The summed E-state index contributed by atoms with van der Waals surface area (Å²) >= 11 is 1.26. The Bertz CT molecular complexity index is 799. The molecule has 0 atom stereocenters. The van der Waals surface area contributed by atoms with Crippen molar-refractivity contribution in [3.05, 3.63) is 65.2 Å². The van der Waals surface area contributed by atoms with Crippen molar-refractivity contribution >= 4 is 29.3 Å². The first-order valence-corrected chi connectivity index (χ1v) is 8.92. The Morgan fingerprint density at radius 3 is 2.60 bits per heavy atom. The fourth-order valence-electron chi connectivity index (χ4n) is 2.16. The number of rotatable bonds is 7. The molecule has 0 bridgehead atoms. The van der Waals surface area contributed by atoms with Gasteiger partial charge < -0.3 is 10.6 Å². The number of nitriles is 1. The molecule has 5 nitrogen and oxygen atoms in total. The monoisotopic (exact) mass is 353 g/mol. The van der Waals surface area contributed by atoms with Crippen molar-refractivity contribution in [2.75, 3.05) is 16.8 Å². The lowest BCUT2D eigenvalue weighted by Gasteiger charge is -2.07. The molecule has 2 N–H and O–H groups in total. The quantitative estimate of drug-likeness (QED) is 0.802. The maximum absolute atomic E-state index is 11.9. The van der Waals surface area contributed by atoms with Gasteiger partial charge in [-0.3, -0.25) is 9.59 Å². The van der Waals surface area contributed by atoms with Gasteiger partial charge in [-0.05, 0) is 42.3 Å². The van der Waals surface area contributed by atoms with Gasteiger partial charge in [-0.15, -0.1) is 11.8 Å². The molecule has 0 saturated heterocycles. The van der Waals surface area contributed by atoms with Crippen molar-refractivity contribution in [1.29, 1.82) is 5.26 Å². The third-order valence-electron chi connectivity index (χ3n) is 3.31. The standard InChI is InChI=1S/C19H19N3O2S/c1-14-4-2-7-17(8-14)22-19(24)13-25-12-18(23)21-11-16-6-3-5-15(9-16)10-20/h2-9H,11-13H2,1H3,(H,21,23)(H,22,24). The van der Waals surface area contributed by atoms with Gasteiger partial charge in [0.1, 0.15) is 0 Å². The Labute approximate surface area is 151 Å². The SMILES string of the molecule is Cc1cccc(NC(=O)CSCC(=O)NCc2cccc(C#N)c2)c1. The molecule has 0 aliphatic rings. The zero-order valence-electron chi connectivity index (χ0n) is 13.9. The Morgan fingerprint density at radius 2 is 1.84 bits per heavy atom. The van der Waals surface area contributed by atoms with Crippen LogP contribution >= 0.6 is 11.8 Å². The van der Waals surface area contributed by atoms with E-state index in [1.54, 1.807) is 18.2 Å². The van der Waals surface area contributed by atoms with Crippen molar-refractivity contribution in [2.24, 2.45) is 0 Å². The molecule has 128 valence electrons. The van der Waals surface area contributed by atoms with Gasteiger partial charge >= 0.3 is 0 Å². The first-order valence-electron chi connectivity index (χ1n) is 7.77. The van der Waals surface area contributed by atoms with Gasteiger partial charge in [0.25, 0.3) is 0 Å². The van der Waals surface area contributed by atoms with E-state index in [-0.39, 0.29) is 23.3 Å². The van der Waals surface area contributed by atoms with Gasteiger partial charge in [-0.25, -0.2) is 0 Å². The van der Waals surface area contributed by atoms with Crippen LogP contribution in [0.2, 0.25) is 0 Å². The highest BCUT2D eigenvalue weighted by Crippen LogP contribution is 2.10. The van der Waals surface area contributed by atoms with Crippen molar-refractivity contribution in [1.82, 2.24) is 5.32 Å². The van der Waals surface area contributed by atoms with Crippen LogP contribution in [-0.2, 0) is 16.1 Å². The Hall–Kier alpha value is -2.78. The molecule has 0 spiro atoms. The molecule has 0 aromatic heterocycles. The number of thioether (sulfide) groups is 1. The van der Waals surface area contributed by atoms with Gasteiger partial charge in [0.05, 0.1) is 23.1 Å². The van der Waals surface area contributed by atoms with Crippen molar-refractivity contribution in [3.8, 4) is 6.07 Å². The molecule has 0 radical (unpaired) electrons. The van der Waals surface area contributed by atoms with Crippen LogP contribution in [0.25, 0.3) is 0 Å². The number of carbonyl (C=O) groups is 2. The summed E-state index contributed by atoms with van der Waals surface area (Å²) in [5.41, 5.74) is 3.27. The number of aryl methyl sites for hydroxylation is 1. The molecule has 0 aliphatic heterocycles. The summed E-state index contributed by atoms with van der Waals surface area (Å²) in [4.78, 5) is 23.7. The van der Waals surface area contributed by atoms with E-state index in [9.17, 15) is 9.59 Å². The summed E-state index contributed by atoms with van der Waals surface area (Å²) < 4.78 is 0. The largest absolute Gasteiger partial charge is 0.351 e. The van der Waals surface area contributed by atoms with E-state index in [0.717, 1.165) is 16.8 Å². The summed E-state index contributed by atoms with van der Waals surface area (Å²) in [5.74, 6) is 0.144. The average Bonchev–Trinajstić information content (AvgIpc) is 2.60. The van der Waals surface area contributed by atoms with E-state index in [0.29, 0.717) is 12.1 Å². The van der Waals surface area contributed by atoms with Crippen LogP contribution in [0.4, 0.5) is 5.69 Å². The average molecular weight is 353 g/mol. The number of nitrogens with zero attached hydrogens (tertiary/aromatic N) is 1. The molecule has 0 fully saturated rings. The molecule has 0 aliphatic carbocycles. The fourth-order valence-corrected chi connectivity index (χ4v) is 2.81. The number of carbonyl (C=O) groups excluding carboxylic acids is 2. The minimum Gasteiger partial charge on any atom is -0.351 e. The fraction of sp³-hybridized carbons (Fsp3) is 0.211. The second-order valence-electron chi connectivity index (χ2n) is 5.50. The number of nitrogens with one attached hydrogen (secondary N) is 2. The summed E-state index contributed by atoms with van der Waals surface area (Å²) in [6.07, 6.45) is 0. The summed E-state index contributed by atoms with van der Waals surface area (Å²) in [6, 6.07) is 16.7. The van der Waals surface area contributed by atoms with Crippen molar-refractivity contribution in [2.45, 2.75) is 13.5 Å². The highest BCUT2D eigenvalue weighted by atomic mass is 32.2. The number of benzene rings is 2. The maximum Gasteiger partial charge on any atom is 0.234 e. The van der Waals surface area contributed by atoms with Crippen molar-refractivity contribution < 1.29 is 9.59 Å². The summed E-state index contributed by atoms with van der Waals surface area (Å²) in [5, 5.41) is 14.4. The minimum absolute atomic E-state index is 0.134. The molecule has 2 amide bonds. The van der Waals surface area contributed by atoms with Crippen LogP contribution in [0.3, 0.4) is 0 Å². The van der Waals surface area contributed by atoms with Gasteiger partial charge in [0.2, 0.25) is 11.8 Å². The van der Waals surface area contributed by atoms with Crippen LogP contribution in [0.1, 0.15) is 16.7 Å². The molecule has 0 unspecified atom stereocenters. The number of hydrogen-bond donors (Lipinski definition) is 2. The number of anilines is 1. The second-order valence-corrected chi connectivity index (χ2v) is 6.48. The lowest BCUT2D eigenvalue weighted by Crippen LogP contribution is -2.25. The summed E-state index contributed by atoms with van der Waals surface area (Å²) in [7, 11) is 0.